The molecule has 0 N–H and O–H groups in total. The van der Waals surface area contributed by atoms with Gasteiger partial charge in [-0.3, -0.25) is 9.80 Å². The largest absolute Gasteiger partial charge is 0.459 e. The number of likely N-dealkylation sites (N-methyl/N-ethyl adjacent to an activating group) is 2. The second kappa shape index (κ2) is 6.82. The van der Waals surface area contributed by atoms with Crippen LogP contribution in [0.5, 0.6) is 0 Å². The van der Waals surface area contributed by atoms with E-state index in [1.807, 2.05) is 12.1 Å². The summed E-state index contributed by atoms with van der Waals surface area (Å²) in [6.45, 7) is 2.57. The van der Waals surface area contributed by atoms with E-state index >= 15 is 0 Å². The van der Waals surface area contributed by atoms with Crippen molar-refractivity contribution in [2.75, 3.05) is 20.6 Å². The molecule has 3 aromatic rings. The van der Waals surface area contributed by atoms with E-state index in [0.717, 1.165) is 19.5 Å². The van der Waals surface area contributed by atoms with E-state index in [4.69, 9.17) is 8.83 Å². The molecule has 0 saturated heterocycles. The van der Waals surface area contributed by atoms with Gasteiger partial charge >= 0.3 is 0 Å². The number of fused-ring (bicyclic) bond motifs is 1. The summed E-state index contributed by atoms with van der Waals surface area (Å²) in [7, 11) is 4.28. The van der Waals surface area contributed by atoms with Crippen LogP contribution in [0.2, 0.25) is 0 Å². The van der Waals surface area contributed by atoms with Crippen LogP contribution in [0.15, 0.2) is 51.5 Å². The van der Waals surface area contributed by atoms with Gasteiger partial charge in [0.15, 0.2) is 5.76 Å². The summed E-state index contributed by atoms with van der Waals surface area (Å²) >= 11 is 0. The molecule has 2 aromatic heterocycles. The molecule has 130 valence electrons. The maximum Gasteiger partial charge on any atom is 0.283 e. The monoisotopic (exact) mass is 338 g/mol. The van der Waals surface area contributed by atoms with E-state index < -0.39 is 0 Å². The molecule has 0 saturated carbocycles. The highest BCUT2D eigenvalue weighted by Crippen LogP contribution is 2.23. The van der Waals surface area contributed by atoms with Gasteiger partial charge in [-0.15, -0.1) is 10.2 Å². The summed E-state index contributed by atoms with van der Waals surface area (Å²) < 4.78 is 11.0. The van der Waals surface area contributed by atoms with Crippen LogP contribution in [0, 0.1) is 0 Å². The van der Waals surface area contributed by atoms with E-state index in [1.54, 1.807) is 6.26 Å². The van der Waals surface area contributed by atoms with Crippen molar-refractivity contribution >= 4 is 0 Å². The highest BCUT2D eigenvalue weighted by atomic mass is 16.4. The SMILES string of the molecule is CN(Cc1nnc(-c2ccco2)o1)C[C@@H]1Cc2ccccc2CN1C. The average molecular weight is 338 g/mol. The normalized spacial score (nSPS) is 17.8. The molecule has 1 aromatic carbocycles. The molecular weight excluding hydrogens is 316 g/mol. The van der Waals surface area contributed by atoms with Gasteiger partial charge in [-0.25, -0.2) is 0 Å². The van der Waals surface area contributed by atoms with E-state index in [2.05, 4.69) is 58.4 Å². The number of furan rings is 1. The Balaban J connectivity index is 1.38. The second-order valence-corrected chi connectivity index (χ2v) is 6.72. The van der Waals surface area contributed by atoms with Crippen LogP contribution in [0.3, 0.4) is 0 Å². The highest BCUT2D eigenvalue weighted by molar-refractivity contribution is 5.42. The predicted octanol–water partition coefficient (Wildman–Crippen LogP) is 2.82. The van der Waals surface area contributed by atoms with Crippen molar-refractivity contribution in [2.24, 2.45) is 0 Å². The Morgan fingerprint density at radius 1 is 1.16 bits per heavy atom. The number of hydrogen-bond donors (Lipinski definition) is 0. The van der Waals surface area contributed by atoms with Crippen LogP contribution in [0.25, 0.3) is 11.7 Å². The molecule has 6 nitrogen and oxygen atoms in total. The van der Waals surface area contributed by atoms with E-state index in [0.29, 0.717) is 30.1 Å². The Bertz CT molecular complexity index is 828. The predicted molar refractivity (Wildman–Crippen MR) is 93.7 cm³/mol. The van der Waals surface area contributed by atoms with Gasteiger partial charge < -0.3 is 8.83 Å². The molecular formula is C19H22N4O2. The maximum atomic E-state index is 5.70. The van der Waals surface area contributed by atoms with Crippen molar-refractivity contribution in [3.8, 4) is 11.7 Å². The fourth-order valence-corrected chi connectivity index (χ4v) is 3.39. The van der Waals surface area contributed by atoms with Crippen molar-refractivity contribution in [1.29, 1.82) is 0 Å². The molecule has 0 fully saturated rings. The van der Waals surface area contributed by atoms with Gasteiger partial charge in [0.25, 0.3) is 5.89 Å². The topological polar surface area (TPSA) is 58.5 Å². The van der Waals surface area contributed by atoms with Gasteiger partial charge in [0, 0.05) is 19.1 Å². The molecule has 1 aliphatic rings. The Morgan fingerprint density at radius 3 is 2.80 bits per heavy atom. The quantitative estimate of drug-likeness (QED) is 0.713. The van der Waals surface area contributed by atoms with Crippen LogP contribution in [-0.2, 0) is 19.5 Å². The van der Waals surface area contributed by atoms with Crippen molar-refractivity contribution in [3.05, 3.63) is 59.7 Å². The number of nitrogens with zero attached hydrogens (tertiary/aromatic N) is 4. The smallest absolute Gasteiger partial charge is 0.283 e. The van der Waals surface area contributed by atoms with Gasteiger partial charge in [-0.05, 0) is 43.8 Å². The molecule has 6 heteroatoms. The van der Waals surface area contributed by atoms with Crippen molar-refractivity contribution < 1.29 is 8.83 Å². The van der Waals surface area contributed by atoms with E-state index in [1.165, 1.54) is 11.1 Å². The van der Waals surface area contributed by atoms with Crippen molar-refractivity contribution in [1.82, 2.24) is 20.0 Å². The van der Waals surface area contributed by atoms with Crippen LogP contribution in [0.4, 0.5) is 0 Å². The minimum absolute atomic E-state index is 0.428. The molecule has 0 bridgehead atoms. The molecule has 0 amide bonds. The third kappa shape index (κ3) is 3.50. The van der Waals surface area contributed by atoms with Gasteiger partial charge in [-0.1, -0.05) is 24.3 Å². The minimum atomic E-state index is 0.428. The van der Waals surface area contributed by atoms with E-state index in [9.17, 15) is 0 Å². The molecule has 1 aliphatic heterocycles. The van der Waals surface area contributed by atoms with E-state index in [-0.39, 0.29) is 0 Å². The van der Waals surface area contributed by atoms with Crippen LogP contribution in [0.1, 0.15) is 17.0 Å². The van der Waals surface area contributed by atoms with Gasteiger partial charge in [0.05, 0.1) is 12.8 Å². The molecule has 0 unspecified atom stereocenters. The Labute approximate surface area is 147 Å². The summed E-state index contributed by atoms with van der Waals surface area (Å²) in [4.78, 5) is 4.65. The molecule has 0 aliphatic carbocycles. The lowest BCUT2D eigenvalue weighted by molar-refractivity contribution is 0.153. The minimum Gasteiger partial charge on any atom is -0.459 e. The zero-order chi connectivity index (χ0) is 17.2. The lowest BCUT2D eigenvalue weighted by Gasteiger charge is -2.36. The molecule has 25 heavy (non-hydrogen) atoms. The molecule has 0 radical (unpaired) electrons. The van der Waals surface area contributed by atoms with Gasteiger partial charge in [0.2, 0.25) is 5.89 Å². The summed E-state index contributed by atoms with van der Waals surface area (Å²) in [6.07, 6.45) is 2.67. The first kappa shape index (κ1) is 16.1. The second-order valence-electron chi connectivity index (χ2n) is 6.72. The Kier molecular flexibility index (Phi) is 4.38. The lowest BCUT2D eigenvalue weighted by Crippen LogP contribution is -2.44. The third-order valence-corrected chi connectivity index (χ3v) is 4.74. The summed E-state index contributed by atoms with van der Waals surface area (Å²) in [5, 5.41) is 8.18. The molecule has 1 atom stereocenters. The van der Waals surface area contributed by atoms with Crippen LogP contribution < -0.4 is 0 Å². The van der Waals surface area contributed by atoms with Crippen molar-refractivity contribution in [3.63, 3.8) is 0 Å². The summed E-state index contributed by atoms with van der Waals surface area (Å²) in [6, 6.07) is 12.8. The van der Waals surface area contributed by atoms with Gasteiger partial charge in [-0.2, -0.15) is 0 Å². The first-order chi connectivity index (χ1) is 12.2. The number of hydrogen-bond acceptors (Lipinski definition) is 6. The zero-order valence-electron chi connectivity index (χ0n) is 14.6. The maximum absolute atomic E-state index is 5.70. The number of aromatic nitrogens is 2. The highest BCUT2D eigenvalue weighted by Gasteiger charge is 2.24. The van der Waals surface area contributed by atoms with Gasteiger partial charge in [0.1, 0.15) is 0 Å². The Hall–Kier alpha value is -2.44. The molecule has 4 rings (SSSR count). The number of benzene rings is 1. The lowest BCUT2D eigenvalue weighted by atomic mass is 9.94. The fourth-order valence-electron chi connectivity index (χ4n) is 3.39. The van der Waals surface area contributed by atoms with Crippen LogP contribution in [-0.4, -0.2) is 46.7 Å². The summed E-state index contributed by atoms with van der Waals surface area (Å²) in [5.41, 5.74) is 2.89. The first-order valence-corrected chi connectivity index (χ1v) is 8.51. The molecule has 0 spiro atoms. The third-order valence-electron chi connectivity index (χ3n) is 4.74. The van der Waals surface area contributed by atoms with Crippen molar-refractivity contribution in [2.45, 2.75) is 25.6 Å². The Morgan fingerprint density at radius 2 is 2.00 bits per heavy atom. The fraction of sp³-hybridized carbons (Fsp3) is 0.368. The average Bonchev–Trinajstić information content (AvgIpc) is 3.26. The first-order valence-electron chi connectivity index (χ1n) is 8.51. The van der Waals surface area contributed by atoms with Crippen LogP contribution >= 0.6 is 0 Å². The number of rotatable bonds is 5. The zero-order valence-corrected chi connectivity index (χ0v) is 14.6. The standard InChI is InChI=1S/C19H22N4O2/c1-22(13-18-20-21-19(25-18)17-8-5-9-24-17)12-16-10-14-6-3-4-7-15(14)11-23(16)2/h3-9,16H,10-13H2,1-2H3/t16-/m0/s1. The molecule has 3 heterocycles. The summed E-state index contributed by atoms with van der Waals surface area (Å²) in [5.74, 6) is 1.63.